The summed E-state index contributed by atoms with van der Waals surface area (Å²) < 4.78 is 54.6. The fourth-order valence-electron chi connectivity index (χ4n) is 2.90. The second-order valence-electron chi connectivity index (χ2n) is 6.90. The molecule has 0 aliphatic rings. The maximum Gasteiger partial charge on any atom is 0.305 e. The van der Waals surface area contributed by atoms with Gasteiger partial charge in [-0.2, -0.15) is 9.52 Å². The number of carbonyl (C=O) groups is 2. The van der Waals surface area contributed by atoms with Gasteiger partial charge in [0.05, 0.1) is 12.5 Å². The fourth-order valence-corrected chi connectivity index (χ4v) is 4.79. The Balaban J connectivity index is 1.78. The SMILES string of the molecule is O=C(O)CC(NS(=O)(=O)c1c(F)cccc1F)C(=O)Cn1nnc(Cc2c(Cl)cccc2Cl)n1. The predicted octanol–water partition coefficient (Wildman–Crippen LogP) is 2.24. The average Bonchev–Trinajstić information content (AvgIpc) is 3.16. The highest BCUT2D eigenvalue weighted by Crippen LogP contribution is 2.25. The number of carboxylic acids is 1. The van der Waals surface area contributed by atoms with Gasteiger partial charge in [0, 0.05) is 16.5 Å². The number of ketones is 1. The molecule has 1 unspecified atom stereocenters. The van der Waals surface area contributed by atoms with Gasteiger partial charge in [-0.1, -0.05) is 35.3 Å². The summed E-state index contributed by atoms with van der Waals surface area (Å²) in [5, 5.41) is 21.2. The van der Waals surface area contributed by atoms with Crippen LogP contribution in [0.25, 0.3) is 0 Å². The van der Waals surface area contributed by atoms with Crippen molar-refractivity contribution >= 4 is 45.0 Å². The Morgan fingerprint density at radius 2 is 1.68 bits per heavy atom. The summed E-state index contributed by atoms with van der Waals surface area (Å²) >= 11 is 12.2. The lowest BCUT2D eigenvalue weighted by Crippen LogP contribution is -2.44. The molecule has 1 heterocycles. The number of hydrogen-bond acceptors (Lipinski definition) is 7. The molecule has 0 spiro atoms. The molecule has 0 saturated carbocycles. The van der Waals surface area contributed by atoms with E-state index in [4.69, 9.17) is 28.3 Å². The number of nitrogens with one attached hydrogen (secondary N) is 1. The highest BCUT2D eigenvalue weighted by Gasteiger charge is 2.32. The van der Waals surface area contributed by atoms with Crippen LogP contribution < -0.4 is 4.72 Å². The molecule has 0 bridgehead atoms. The van der Waals surface area contributed by atoms with Crippen molar-refractivity contribution in [2.24, 2.45) is 0 Å². The first kappa shape index (κ1) is 25.6. The van der Waals surface area contributed by atoms with E-state index in [0.717, 1.165) is 10.9 Å². The smallest absolute Gasteiger partial charge is 0.305 e. The van der Waals surface area contributed by atoms with Crippen molar-refractivity contribution in [2.45, 2.75) is 30.3 Å². The van der Waals surface area contributed by atoms with E-state index in [1.54, 1.807) is 22.9 Å². The van der Waals surface area contributed by atoms with Crippen LogP contribution >= 0.6 is 23.2 Å². The molecule has 0 saturated heterocycles. The Morgan fingerprint density at radius 3 is 2.26 bits per heavy atom. The van der Waals surface area contributed by atoms with E-state index in [1.165, 1.54) is 0 Å². The minimum absolute atomic E-state index is 0.0739. The van der Waals surface area contributed by atoms with Crippen molar-refractivity contribution in [3.8, 4) is 0 Å². The van der Waals surface area contributed by atoms with E-state index in [1.807, 2.05) is 0 Å². The Labute approximate surface area is 201 Å². The number of carbonyl (C=O) groups excluding carboxylic acids is 1. The molecule has 0 aliphatic heterocycles. The summed E-state index contributed by atoms with van der Waals surface area (Å²) in [5.74, 6) is -5.20. The van der Waals surface area contributed by atoms with Crippen LogP contribution in [-0.4, -0.2) is 51.5 Å². The number of benzene rings is 2. The number of tetrazole rings is 1. The Kier molecular flexibility index (Phi) is 7.92. The van der Waals surface area contributed by atoms with Crippen molar-refractivity contribution in [1.29, 1.82) is 0 Å². The first-order chi connectivity index (χ1) is 16.0. The van der Waals surface area contributed by atoms with Crippen LogP contribution in [0, 0.1) is 11.6 Å². The first-order valence-electron chi connectivity index (χ1n) is 9.38. The Morgan fingerprint density at radius 1 is 1.09 bits per heavy atom. The average molecular weight is 534 g/mol. The highest BCUT2D eigenvalue weighted by atomic mass is 35.5. The quantitative estimate of drug-likeness (QED) is 0.403. The molecule has 0 fully saturated rings. The molecular weight excluding hydrogens is 519 g/mol. The molecule has 1 aromatic heterocycles. The van der Waals surface area contributed by atoms with Gasteiger partial charge in [-0.3, -0.25) is 9.59 Å². The van der Waals surface area contributed by atoms with Crippen molar-refractivity contribution in [1.82, 2.24) is 24.9 Å². The minimum Gasteiger partial charge on any atom is -0.481 e. The number of nitrogens with zero attached hydrogens (tertiary/aromatic N) is 4. The van der Waals surface area contributed by atoms with Crippen LogP contribution in [0.2, 0.25) is 10.0 Å². The van der Waals surface area contributed by atoms with Gasteiger partial charge in [0.25, 0.3) is 0 Å². The zero-order valence-electron chi connectivity index (χ0n) is 17.0. The van der Waals surface area contributed by atoms with Crippen LogP contribution in [0.1, 0.15) is 17.8 Å². The van der Waals surface area contributed by atoms with E-state index in [2.05, 4.69) is 15.4 Å². The second-order valence-corrected chi connectivity index (χ2v) is 9.37. The van der Waals surface area contributed by atoms with E-state index >= 15 is 0 Å². The van der Waals surface area contributed by atoms with Gasteiger partial charge in [-0.15, -0.1) is 10.2 Å². The number of sulfonamides is 1. The molecule has 2 N–H and O–H groups in total. The van der Waals surface area contributed by atoms with E-state index in [9.17, 15) is 26.8 Å². The Bertz CT molecular complexity index is 1310. The highest BCUT2D eigenvalue weighted by molar-refractivity contribution is 7.89. The van der Waals surface area contributed by atoms with E-state index < -0.39 is 57.3 Å². The zero-order valence-corrected chi connectivity index (χ0v) is 19.3. The predicted molar refractivity (Wildman–Crippen MR) is 115 cm³/mol. The third kappa shape index (κ3) is 6.11. The second kappa shape index (κ2) is 10.5. The summed E-state index contributed by atoms with van der Waals surface area (Å²) in [4.78, 5) is 23.3. The first-order valence-corrected chi connectivity index (χ1v) is 11.6. The van der Waals surface area contributed by atoms with Gasteiger partial charge in [0.1, 0.15) is 18.2 Å². The van der Waals surface area contributed by atoms with E-state index in [0.29, 0.717) is 27.7 Å². The number of halogens is 4. The van der Waals surface area contributed by atoms with Crippen molar-refractivity contribution in [3.05, 3.63) is 69.5 Å². The summed E-state index contributed by atoms with van der Waals surface area (Å²) in [6, 6.07) is 5.36. The molecular formula is C19H15Cl2F2N5O5S. The topological polar surface area (TPSA) is 144 Å². The number of carboxylic acid groups (broad SMARTS) is 1. The molecule has 3 rings (SSSR count). The van der Waals surface area contributed by atoms with Gasteiger partial charge < -0.3 is 5.11 Å². The van der Waals surface area contributed by atoms with Gasteiger partial charge in [-0.05, 0) is 35.0 Å². The lowest BCUT2D eigenvalue weighted by atomic mass is 10.1. The number of aromatic nitrogens is 4. The van der Waals surface area contributed by atoms with Gasteiger partial charge in [0.15, 0.2) is 16.5 Å². The van der Waals surface area contributed by atoms with Crippen LogP contribution in [0.15, 0.2) is 41.3 Å². The van der Waals surface area contributed by atoms with Crippen molar-refractivity contribution < 1.29 is 31.9 Å². The maximum absolute atomic E-state index is 13.9. The number of rotatable bonds is 10. The molecule has 10 nitrogen and oxygen atoms in total. The number of aliphatic carboxylic acids is 1. The summed E-state index contributed by atoms with van der Waals surface area (Å²) in [7, 11) is -4.93. The normalized spacial score (nSPS) is 12.5. The lowest BCUT2D eigenvalue weighted by Gasteiger charge is -2.16. The molecule has 2 aromatic carbocycles. The summed E-state index contributed by atoms with van der Waals surface area (Å²) in [5.41, 5.74) is 0.514. The monoisotopic (exact) mass is 533 g/mol. The molecule has 15 heteroatoms. The molecule has 0 aliphatic carbocycles. The maximum atomic E-state index is 13.9. The van der Waals surface area contributed by atoms with Gasteiger partial charge in [0.2, 0.25) is 10.0 Å². The van der Waals surface area contributed by atoms with Crippen LogP contribution in [-0.2, 0) is 32.6 Å². The minimum atomic E-state index is -4.93. The van der Waals surface area contributed by atoms with Crippen molar-refractivity contribution in [2.75, 3.05) is 0 Å². The largest absolute Gasteiger partial charge is 0.481 e. The van der Waals surface area contributed by atoms with E-state index in [-0.39, 0.29) is 12.2 Å². The van der Waals surface area contributed by atoms with Crippen LogP contribution in [0.3, 0.4) is 0 Å². The fraction of sp³-hybridized carbons (Fsp3) is 0.211. The third-order valence-electron chi connectivity index (χ3n) is 4.44. The Hall–Kier alpha value is -3.00. The zero-order chi connectivity index (χ0) is 25.0. The molecule has 3 aromatic rings. The molecule has 1 atom stereocenters. The standard InChI is InChI=1S/C19H15Cl2F2N5O5S/c20-11-3-1-4-12(21)10(11)7-17-24-27-28(25-17)9-16(29)15(8-18(30)31)26-34(32,33)19-13(22)5-2-6-14(19)23/h1-6,15,26H,7-9H2,(H,30,31). The molecule has 180 valence electrons. The van der Waals surface area contributed by atoms with Gasteiger partial charge >= 0.3 is 5.97 Å². The number of hydrogen-bond donors (Lipinski definition) is 2. The molecule has 0 radical (unpaired) electrons. The third-order valence-corrected chi connectivity index (χ3v) is 6.67. The summed E-state index contributed by atoms with van der Waals surface area (Å²) in [6.45, 7) is -0.677. The summed E-state index contributed by atoms with van der Waals surface area (Å²) in [6.07, 6.45) is -0.921. The van der Waals surface area contributed by atoms with Crippen molar-refractivity contribution in [3.63, 3.8) is 0 Å². The lowest BCUT2D eigenvalue weighted by molar-refractivity contribution is -0.139. The van der Waals surface area contributed by atoms with Crippen LogP contribution in [0.5, 0.6) is 0 Å². The van der Waals surface area contributed by atoms with Crippen LogP contribution in [0.4, 0.5) is 8.78 Å². The van der Waals surface area contributed by atoms with Gasteiger partial charge in [-0.25, -0.2) is 17.2 Å². The molecule has 34 heavy (non-hydrogen) atoms. The number of Topliss-reactive ketones (excluding diaryl/α,β-unsaturated/α-hetero) is 1. The molecule has 0 amide bonds.